The molecule has 3 nitrogen and oxygen atoms in total. The van der Waals surface area contributed by atoms with E-state index >= 15 is 0 Å². The molecule has 13 heavy (non-hydrogen) atoms. The number of ketones is 1. The lowest BCUT2D eigenvalue weighted by atomic mass is 10.2. The first kappa shape index (κ1) is 9.86. The predicted molar refractivity (Wildman–Crippen MR) is 49.6 cm³/mol. The molecule has 0 aromatic carbocycles. The lowest BCUT2D eigenvalue weighted by Gasteiger charge is -1.99. The molecule has 70 valence electrons. The van der Waals surface area contributed by atoms with Gasteiger partial charge in [0.15, 0.2) is 5.78 Å². The minimum atomic E-state index is 0.0545. The zero-order valence-electron chi connectivity index (χ0n) is 7.91. The largest absolute Gasteiger partial charge is 0.377 e. The van der Waals surface area contributed by atoms with Gasteiger partial charge >= 0.3 is 0 Å². The van der Waals surface area contributed by atoms with Crippen LogP contribution < -0.4 is 0 Å². The average molecular weight is 179 g/mol. The molecule has 0 spiro atoms. The van der Waals surface area contributed by atoms with E-state index in [1.807, 2.05) is 19.1 Å². The second-order valence-electron chi connectivity index (χ2n) is 2.98. The number of carbonyl (C=O) groups excluding carboxylic acids is 1. The molecule has 0 aliphatic rings. The summed E-state index contributed by atoms with van der Waals surface area (Å²) < 4.78 is 4.72. The van der Waals surface area contributed by atoms with Gasteiger partial charge in [-0.15, -0.1) is 0 Å². The third-order valence-electron chi connectivity index (χ3n) is 1.66. The maximum absolute atomic E-state index is 11.1. The van der Waals surface area contributed by atoms with Gasteiger partial charge in [0.05, 0.1) is 6.42 Å². The number of nitrogens with zero attached hydrogens (tertiary/aromatic N) is 1. The quantitative estimate of drug-likeness (QED) is 0.696. The van der Waals surface area contributed by atoms with E-state index in [1.165, 1.54) is 7.11 Å². The average Bonchev–Trinajstić information content (AvgIpc) is 2.09. The van der Waals surface area contributed by atoms with E-state index in [1.54, 1.807) is 6.20 Å². The van der Waals surface area contributed by atoms with Gasteiger partial charge in [-0.05, 0) is 18.6 Å². The molecule has 0 radical (unpaired) electrons. The summed E-state index contributed by atoms with van der Waals surface area (Å²) in [6, 6.07) is 3.81. The molecule has 0 fully saturated rings. The number of Topliss-reactive ketones (excluding diaryl/α,β-unsaturated/α-hetero) is 1. The first-order valence-electron chi connectivity index (χ1n) is 4.14. The van der Waals surface area contributed by atoms with Crippen LogP contribution in [0.2, 0.25) is 0 Å². The Morgan fingerprint density at radius 3 is 2.85 bits per heavy atom. The summed E-state index contributed by atoms with van der Waals surface area (Å²) in [5, 5.41) is 0. The highest BCUT2D eigenvalue weighted by Crippen LogP contribution is 1.99. The van der Waals surface area contributed by atoms with E-state index in [9.17, 15) is 4.79 Å². The van der Waals surface area contributed by atoms with Crippen LogP contribution in [0.1, 0.15) is 11.3 Å². The summed E-state index contributed by atoms with van der Waals surface area (Å²) in [6.45, 7) is 2.13. The fourth-order valence-electron chi connectivity index (χ4n) is 1.02. The molecule has 0 atom stereocenters. The number of carbonyl (C=O) groups is 1. The summed E-state index contributed by atoms with van der Waals surface area (Å²) in [4.78, 5) is 15.3. The van der Waals surface area contributed by atoms with Gasteiger partial charge in [-0.25, -0.2) is 0 Å². The van der Waals surface area contributed by atoms with E-state index in [0.717, 1.165) is 11.3 Å². The fraction of sp³-hybridized carbons (Fsp3) is 0.400. The number of methoxy groups -OCH3 is 1. The summed E-state index contributed by atoms with van der Waals surface area (Å²) in [5.41, 5.74) is 1.90. The van der Waals surface area contributed by atoms with E-state index in [2.05, 4.69) is 4.98 Å². The monoisotopic (exact) mass is 179 g/mol. The van der Waals surface area contributed by atoms with Crippen LogP contribution in [0, 0.1) is 6.92 Å². The van der Waals surface area contributed by atoms with Gasteiger partial charge in [-0.1, -0.05) is 6.07 Å². The van der Waals surface area contributed by atoms with Crippen LogP contribution in [-0.2, 0) is 16.0 Å². The summed E-state index contributed by atoms with van der Waals surface area (Å²) >= 11 is 0. The molecule has 0 aliphatic heterocycles. The van der Waals surface area contributed by atoms with Gasteiger partial charge in [-0.2, -0.15) is 0 Å². The van der Waals surface area contributed by atoms with Crippen molar-refractivity contribution in [2.75, 3.05) is 13.7 Å². The molecule has 1 heterocycles. The molecule has 3 heteroatoms. The number of hydrogen-bond acceptors (Lipinski definition) is 3. The van der Waals surface area contributed by atoms with Crippen molar-refractivity contribution in [1.29, 1.82) is 0 Å². The van der Waals surface area contributed by atoms with Crippen LogP contribution >= 0.6 is 0 Å². The van der Waals surface area contributed by atoms with Gasteiger partial charge in [-0.3, -0.25) is 9.78 Å². The third kappa shape index (κ3) is 3.34. The van der Waals surface area contributed by atoms with Crippen LogP contribution in [0.5, 0.6) is 0 Å². The third-order valence-corrected chi connectivity index (χ3v) is 1.66. The van der Waals surface area contributed by atoms with Crippen LogP contribution in [0.25, 0.3) is 0 Å². The maximum Gasteiger partial charge on any atom is 0.164 e. The van der Waals surface area contributed by atoms with Crippen molar-refractivity contribution in [3.63, 3.8) is 0 Å². The molecular formula is C10H13NO2. The van der Waals surface area contributed by atoms with E-state index in [0.29, 0.717) is 6.42 Å². The second kappa shape index (κ2) is 4.72. The van der Waals surface area contributed by atoms with Crippen LogP contribution in [0.3, 0.4) is 0 Å². The molecule has 0 bridgehead atoms. The number of aromatic nitrogens is 1. The Bertz CT molecular complexity index is 279. The standard InChI is InChI=1S/C10H13NO2/c1-8-3-4-9(11-6-8)5-10(12)7-13-2/h3-4,6H,5,7H2,1-2H3. The highest BCUT2D eigenvalue weighted by Gasteiger charge is 2.03. The van der Waals surface area contributed by atoms with Crippen molar-refractivity contribution in [3.8, 4) is 0 Å². The molecule has 0 saturated heterocycles. The van der Waals surface area contributed by atoms with Gasteiger partial charge < -0.3 is 4.74 Å². The van der Waals surface area contributed by atoms with Crippen molar-refractivity contribution < 1.29 is 9.53 Å². The highest BCUT2D eigenvalue weighted by atomic mass is 16.5. The van der Waals surface area contributed by atoms with E-state index in [-0.39, 0.29) is 12.4 Å². The summed E-state index contributed by atoms with van der Waals surface area (Å²) in [5.74, 6) is 0.0545. The van der Waals surface area contributed by atoms with Gasteiger partial charge in [0.1, 0.15) is 6.61 Å². The Hall–Kier alpha value is -1.22. The van der Waals surface area contributed by atoms with Crippen molar-refractivity contribution in [2.45, 2.75) is 13.3 Å². The molecule has 1 rings (SSSR count). The van der Waals surface area contributed by atoms with Crippen molar-refractivity contribution in [3.05, 3.63) is 29.6 Å². The zero-order valence-corrected chi connectivity index (χ0v) is 7.91. The second-order valence-corrected chi connectivity index (χ2v) is 2.98. The number of aryl methyl sites for hydroxylation is 1. The first-order valence-corrected chi connectivity index (χ1v) is 4.14. The van der Waals surface area contributed by atoms with Crippen LogP contribution in [0.15, 0.2) is 18.3 Å². The first-order chi connectivity index (χ1) is 6.22. The SMILES string of the molecule is COCC(=O)Cc1ccc(C)cn1. The summed E-state index contributed by atoms with van der Waals surface area (Å²) in [6.07, 6.45) is 2.11. The maximum atomic E-state index is 11.1. The van der Waals surface area contributed by atoms with Crippen molar-refractivity contribution >= 4 is 5.78 Å². The number of pyridine rings is 1. The molecule has 1 aromatic heterocycles. The lowest BCUT2D eigenvalue weighted by molar-refractivity contribution is -0.122. The molecular weight excluding hydrogens is 166 g/mol. The number of ether oxygens (including phenoxy) is 1. The fourth-order valence-corrected chi connectivity index (χ4v) is 1.02. The predicted octanol–water partition coefficient (Wildman–Crippen LogP) is 1.15. The number of rotatable bonds is 4. The Kier molecular flexibility index (Phi) is 3.58. The van der Waals surface area contributed by atoms with Gasteiger partial charge in [0.2, 0.25) is 0 Å². The van der Waals surface area contributed by atoms with Gasteiger partial charge in [0, 0.05) is 19.0 Å². The van der Waals surface area contributed by atoms with Crippen molar-refractivity contribution in [1.82, 2.24) is 4.98 Å². The molecule has 0 unspecified atom stereocenters. The molecule has 0 saturated carbocycles. The minimum Gasteiger partial charge on any atom is -0.377 e. The Balaban J connectivity index is 2.54. The topological polar surface area (TPSA) is 39.2 Å². The molecule has 0 amide bonds. The van der Waals surface area contributed by atoms with Crippen LogP contribution in [-0.4, -0.2) is 24.5 Å². The summed E-state index contributed by atoms with van der Waals surface area (Å²) in [7, 11) is 1.51. The number of hydrogen-bond donors (Lipinski definition) is 0. The Morgan fingerprint density at radius 2 is 2.31 bits per heavy atom. The van der Waals surface area contributed by atoms with Gasteiger partial charge in [0.25, 0.3) is 0 Å². The zero-order chi connectivity index (χ0) is 9.68. The smallest absolute Gasteiger partial charge is 0.164 e. The highest BCUT2D eigenvalue weighted by molar-refractivity contribution is 5.81. The van der Waals surface area contributed by atoms with Crippen molar-refractivity contribution in [2.24, 2.45) is 0 Å². The molecule has 1 aromatic rings. The lowest BCUT2D eigenvalue weighted by Crippen LogP contribution is -2.10. The normalized spacial score (nSPS) is 10.0. The van der Waals surface area contributed by atoms with E-state index < -0.39 is 0 Å². The molecule has 0 N–H and O–H groups in total. The molecule has 0 aliphatic carbocycles. The Morgan fingerprint density at radius 1 is 1.54 bits per heavy atom. The van der Waals surface area contributed by atoms with Crippen LogP contribution in [0.4, 0.5) is 0 Å². The van der Waals surface area contributed by atoms with E-state index in [4.69, 9.17) is 4.74 Å². The Labute approximate surface area is 77.8 Å². The minimum absolute atomic E-state index is 0.0545.